The first-order chi connectivity index (χ1) is 13.3. The number of hydrogen-bond donors (Lipinski definition) is 2. The van der Waals surface area contributed by atoms with Crippen LogP contribution in [0.4, 0.5) is 5.69 Å². The molecule has 144 valence electrons. The molecule has 0 radical (unpaired) electrons. The second kappa shape index (κ2) is 8.10. The van der Waals surface area contributed by atoms with Crippen molar-refractivity contribution in [3.63, 3.8) is 0 Å². The van der Waals surface area contributed by atoms with E-state index in [1.807, 2.05) is 31.2 Å². The van der Waals surface area contributed by atoms with Crippen molar-refractivity contribution in [3.8, 4) is 0 Å². The van der Waals surface area contributed by atoms with E-state index in [9.17, 15) is 4.79 Å². The Morgan fingerprint density at radius 3 is 2.64 bits per heavy atom. The SMILES string of the molecule is C/C(=C\C=C/N(C)O)c1ccc2c(N)c(C(=O)c3ccc(Cl)cc3Cl)oc2c1. The molecule has 28 heavy (non-hydrogen) atoms. The Hall–Kier alpha value is -2.73. The van der Waals surface area contributed by atoms with Crippen LogP contribution in [0.2, 0.25) is 10.0 Å². The van der Waals surface area contributed by atoms with E-state index in [4.69, 9.17) is 38.6 Å². The number of benzene rings is 2. The Morgan fingerprint density at radius 1 is 1.21 bits per heavy atom. The van der Waals surface area contributed by atoms with Gasteiger partial charge in [-0.25, -0.2) is 0 Å². The Labute approximate surface area is 172 Å². The van der Waals surface area contributed by atoms with Crippen molar-refractivity contribution in [1.29, 1.82) is 0 Å². The highest BCUT2D eigenvalue weighted by atomic mass is 35.5. The smallest absolute Gasteiger partial charge is 0.231 e. The molecule has 0 unspecified atom stereocenters. The third-order valence-electron chi connectivity index (χ3n) is 4.21. The van der Waals surface area contributed by atoms with E-state index in [1.54, 1.807) is 18.2 Å². The molecule has 5 nitrogen and oxygen atoms in total. The number of carbonyl (C=O) groups is 1. The molecule has 0 aliphatic carbocycles. The lowest BCUT2D eigenvalue weighted by Gasteiger charge is -2.02. The predicted octanol–water partition coefficient (Wildman–Crippen LogP) is 5.79. The molecule has 3 N–H and O–H groups in total. The van der Waals surface area contributed by atoms with Crippen molar-refractivity contribution in [3.05, 3.63) is 81.7 Å². The second-order valence-corrected chi connectivity index (χ2v) is 7.12. The Morgan fingerprint density at radius 2 is 1.96 bits per heavy atom. The molecule has 0 bridgehead atoms. The fourth-order valence-electron chi connectivity index (χ4n) is 2.73. The number of ketones is 1. The maximum Gasteiger partial charge on any atom is 0.231 e. The lowest BCUT2D eigenvalue weighted by Crippen LogP contribution is -2.03. The monoisotopic (exact) mass is 416 g/mol. The van der Waals surface area contributed by atoms with Gasteiger partial charge in [-0.15, -0.1) is 0 Å². The molecule has 0 atom stereocenters. The molecular formula is C21H18Cl2N2O3. The number of carbonyl (C=O) groups excluding carboxylic acids is 1. The maximum atomic E-state index is 12.8. The number of nitrogens with two attached hydrogens (primary N) is 1. The van der Waals surface area contributed by atoms with Crippen LogP contribution in [-0.2, 0) is 0 Å². The van der Waals surface area contributed by atoms with Gasteiger partial charge < -0.3 is 10.2 Å². The molecule has 0 spiro atoms. The lowest BCUT2D eigenvalue weighted by molar-refractivity contribution is -0.0128. The van der Waals surface area contributed by atoms with Gasteiger partial charge in [-0.05, 0) is 54.5 Å². The number of nitrogens with zero attached hydrogens (tertiary/aromatic N) is 1. The minimum Gasteiger partial charge on any atom is -0.450 e. The van der Waals surface area contributed by atoms with Crippen LogP contribution >= 0.6 is 23.2 Å². The molecule has 1 aromatic heterocycles. The van der Waals surface area contributed by atoms with E-state index >= 15 is 0 Å². The van der Waals surface area contributed by atoms with Gasteiger partial charge >= 0.3 is 0 Å². The quantitative estimate of drug-likeness (QED) is 0.312. The topological polar surface area (TPSA) is 79.7 Å². The Balaban J connectivity index is 2.00. The first kappa shape index (κ1) is 20.0. The highest BCUT2D eigenvalue weighted by Crippen LogP contribution is 2.33. The van der Waals surface area contributed by atoms with Gasteiger partial charge in [-0.3, -0.25) is 15.1 Å². The van der Waals surface area contributed by atoms with Crippen LogP contribution in [0.5, 0.6) is 0 Å². The predicted molar refractivity (Wildman–Crippen MR) is 113 cm³/mol. The summed E-state index contributed by atoms with van der Waals surface area (Å²) in [7, 11) is 1.52. The molecule has 3 rings (SSSR count). The number of nitrogen functional groups attached to an aromatic ring is 1. The summed E-state index contributed by atoms with van der Waals surface area (Å²) in [6.07, 6.45) is 5.08. The third-order valence-corrected chi connectivity index (χ3v) is 4.76. The molecule has 0 aliphatic heterocycles. The molecule has 0 saturated carbocycles. The van der Waals surface area contributed by atoms with Gasteiger partial charge in [0, 0.05) is 29.2 Å². The Kier molecular flexibility index (Phi) is 5.79. The van der Waals surface area contributed by atoms with Crippen LogP contribution in [0.1, 0.15) is 28.6 Å². The number of allylic oxidation sites excluding steroid dienone is 3. The largest absolute Gasteiger partial charge is 0.450 e. The summed E-state index contributed by atoms with van der Waals surface area (Å²) in [4.78, 5) is 12.8. The fourth-order valence-corrected chi connectivity index (χ4v) is 3.23. The zero-order chi connectivity index (χ0) is 20.4. The van der Waals surface area contributed by atoms with Crippen LogP contribution in [-0.4, -0.2) is 23.1 Å². The number of fused-ring (bicyclic) bond motifs is 1. The molecule has 0 aliphatic rings. The van der Waals surface area contributed by atoms with Crippen molar-refractivity contribution in [2.75, 3.05) is 12.8 Å². The van der Waals surface area contributed by atoms with E-state index in [0.717, 1.165) is 16.2 Å². The molecule has 2 aromatic carbocycles. The van der Waals surface area contributed by atoms with Crippen LogP contribution in [0.3, 0.4) is 0 Å². The maximum absolute atomic E-state index is 12.8. The lowest BCUT2D eigenvalue weighted by atomic mass is 10.0. The van der Waals surface area contributed by atoms with Gasteiger partial charge in [0.15, 0.2) is 5.76 Å². The van der Waals surface area contributed by atoms with Crippen LogP contribution < -0.4 is 5.73 Å². The number of hydroxylamine groups is 2. The van der Waals surface area contributed by atoms with E-state index in [0.29, 0.717) is 16.0 Å². The van der Waals surface area contributed by atoms with Crippen molar-refractivity contribution in [2.45, 2.75) is 6.92 Å². The number of halogens is 2. The first-order valence-corrected chi connectivity index (χ1v) is 9.12. The highest BCUT2D eigenvalue weighted by molar-refractivity contribution is 6.37. The van der Waals surface area contributed by atoms with Gasteiger partial charge in [-0.2, -0.15) is 0 Å². The fraction of sp³-hybridized carbons (Fsp3) is 0.0952. The summed E-state index contributed by atoms with van der Waals surface area (Å²) in [6, 6.07) is 10.1. The number of anilines is 1. The highest BCUT2D eigenvalue weighted by Gasteiger charge is 2.22. The summed E-state index contributed by atoms with van der Waals surface area (Å²) in [5.74, 6) is -0.363. The van der Waals surface area contributed by atoms with Crippen molar-refractivity contribution < 1.29 is 14.4 Å². The summed E-state index contributed by atoms with van der Waals surface area (Å²) in [6.45, 7) is 1.93. The molecule has 7 heteroatoms. The minimum atomic E-state index is -0.405. The average molecular weight is 417 g/mol. The minimum absolute atomic E-state index is 0.0415. The Bertz CT molecular complexity index is 1110. The molecule has 1 heterocycles. The van der Waals surface area contributed by atoms with Gasteiger partial charge in [0.1, 0.15) is 5.58 Å². The van der Waals surface area contributed by atoms with Crippen molar-refractivity contribution in [1.82, 2.24) is 5.06 Å². The van der Waals surface area contributed by atoms with Crippen LogP contribution in [0, 0.1) is 0 Å². The van der Waals surface area contributed by atoms with Crippen LogP contribution in [0.15, 0.2) is 59.2 Å². The van der Waals surface area contributed by atoms with E-state index in [-0.39, 0.29) is 22.0 Å². The van der Waals surface area contributed by atoms with Gasteiger partial charge in [0.25, 0.3) is 0 Å². The van der Waals surface area contributed by atoms with Gasteiger partial charge in [0.05, 0.1) is 10.7 Å². The number of furan rings is 1. The molecule has 0 amide bonds. The summed E-state index contributed by atoms with van der Waals surface area (Å²) < 4.78 is 5.77. The average Bonchev–Trinajstić information content (AvgIpc) is 2.97. The first-order valence-electron chi connectivity index (χ1n) is 8.37. The molecule has 0 saturated heterocycles. The van der Waals surface area contributed by atoms with Crippen molar-refractivity contribution in [2.24, 2.45) is 0 Å². The molecule has 3 aromatic rings. The molecular weight excluding hydrogens is 399 g/mol. The number of hydrogen-bond acceptors (Lipinski definition) is 5. The standard InChI is InChI=1S/C21H18Cl2N2O3/c1-12(4-3-9-25(2)27)13-5-7-16-18(10-13)28-21(19(16)24)20(26)15-8-6-14(22)11-17(15)23/h3-11,27H,24H2,1-2H3/b9-3-,12-4+. The third kappa shape index (κ3) is 4.07. The molecule has 0 fully saturated rings. The van der Waals surface area contributed by atoms with Crippen molar-refractivity contribution >= 4 is 51.2 Å². The second-order valence-electron chi connectivity index (χ2n) is 6.27. The normalized spacial score (nSPS) is 12.1. The van der Waals surface area contributed by atoms with E-state index < -0.39 is 5.78 Å². The zero-order valence-corrected chi connectivity index (χ0v) is 16.8. The van der Waals surface area contributed by atoms with Gasteiger partial charge in [-0.1, -0.05) is 35.3 Å². The van der Waals surface area contributed by atoms with E-state index in [1.165, 1.54) is 19.3 Å². The summed E-state index contributed by atoms with van der Waals surface area (Å²) in [5.41, 5.74) is 9.03. The summed E-state index contributed by atoms with van der Waals surface area (Å²) >= 11 is 12.0. The number of rotatable bonds is 5. The summed E-state index contributed by atoms with van der Waals surface area (Å²) in [5, 5.41) is 11.4. The zero-order valence-electron chi connectivity index (χ0n) is 15.2. The van der Waals surface area contributed by atoms with Crippen LogP contribution in [0.25, 0.3) is 16.5 Å². The van der Waals surface area contributed by atoms with E-state index in [2.05, 4.69) is 0 Å². The van der Waals surface area contributed by atoms with Gasteiger partial charge in [0.2, 0.25) is 5.78 Å².